The van der Waals surface area contributed by atoms with Crippen molar-refractivity contribution in [2.45, 2.75) is 23.1 Å². The van der Waals surface area contributed by atoms with E-state index in [9.17, 15) is 19.5 Å². The van der Waals surface area contributed by atoms with Gasteiger partial charge in [-0.2, -0.15) is 0 Å². The second-order valence-electron chi connectivity index (χ2n) is 7.67. The predicted molar refractivity (Wildman–Crippen MR) is 126 cm³/mol. The molecule has 0 saturated carbocycles. The molecular formula is C19H19N11O4S2. The molecule has 3 aromatic rings. The predicted octanol–water partition coefficient (Wildman–Crippen LogP) is -1.06. The Hall–Kier alpha value is -3.83. The number of aromatic nitrogens is 8. The van der Waals surface area contributed by atoms with Gasteiger partial charge in [-0.25, -0.2) is 14.6 Å². The number of β-lactam (4-membered cyclic amide) rings is 1. The Morgan fingerprint density at radius 3 is 2.75 bits per heavy atom. The lowest BCUT2D eigenvalue weighted by molar-refractivity contribution is -0.149. The molecule has 1 fully saturated rings. The van der Waals surface area contributed by atoms with Crippen molar-refractivity contribution >= 4 is 47.0 Å². The van der Waals surface area contributed by atoms with Crippen molar-refractivity contribution in [1.82, 2.24) is 45.7 Å². The van der Waals surface area contributed by atoms with E-state index in [-0.39, 0.29) is 24.5 Å². The van der Waals surface area contributed by atoms with E-state index >= 15 is 0 Å². The molecule has 2 aliphatic heterocycles. The highest BCUT2D eigenvalue weighted by molar-refractivity contribution is 8.01. The smallest absolute Gasteiger partial charge is 0.352 e. The molecule has 4 N–H and O–H groups in total. The molecule has 0 bridgehead atoms. The summed E-state index contributed by atoms with van der Waals surface area (Å²) in [5, 5.41) is 34.9. The summed E-state index contributed by atoms with van der Waals surface area (Å²) < 4.78 is 1.48. The highest BCUT2D eigenvalue weighted by Gasteiger charge is 2.57. The van der Waals surface area contributed by atoms with E-state index in [2.05, 4.69) is 36.1 Å². The van der Waals surface area contributed by atoms with Gasteiger partial charge >= 0.3 is 5.97 Å². The lowest BCUT2D eigenvalue weighted by atomic mass is 10.0. The molecule has 0 aliphatic carbocycles. The number of carbonyl (C=O) groups is 3. The van der Waals surface area contributed by atoms with Crippen LogP contribution in [0, 0.1) is 0 Å². The number of hydrogen-bond donors (Lipinski definition) is 3. The van der Waals surface area contributed by atoms with Crippen molar-refractivity contribution in [1.29, 1.82) is 0 Å². The zero-order chi connectivity index (χ0) is 25.2. The van der Waals surface area contributed by atoms with E-state index in [1.165, 1.54) is 38.0 Å². The maximum absolute atomic E-state index is 13.3. The van der Waals surface area contributed by atoms with E-state index in [0.717, 1.165) is 0 Å². The van der Waals surface area contributed by atoms with Crippen LogP contribution >= 0.6 is 23.5 Å². The van der Waals surface area contributed by atoms with Gasteiger partial charge in [0.2, 0.25) is 11.1 Å². The molecule has 15 nitrogen and oxygen atoms in total. The zero-order valence-electron chi connectivity index (χ0n) is 18.5. The highest BCUT2D eigenvalue weighted by atomic mass is 32.2. The van der Waals surface area contributed by atoms with Gasteiger partial charge in [0.1, 0.15) is 23.7 Å². The SMILES string of the molecule is NCC(=O)N(c1ccccc1)C1C(=O)N2C(C(=O)O)=C(CSc3nnnn3Cc3nnn[nH]3)CS[C@@H]12. The van der Waals surface area contributed by atoms with Crippen LogP contribution in [0.2, 0.25) is 0 Å². The lowest BCUT2D eigenvalue weighted by Crippen LogP contribution is -2.72. The Morgan fingerprint density at radius 1 is 1.25 bits per heavy atom. The minimum atomic E-state index is -1.22. The van der Waals surface area contributed by atoms with Crippen molar-refractivity contribution in [3.05, 3.63) is 47.4 Å². The molecule has 1 aromatic carbocycles. The third-order valence-corrected chi connectivity index (χ3v) is 7.91. The second-order valence-corrected chi connectivity index (χ2v) is 9.72. The fraction of sp³-hybridized carbons (Fsp3) is 0.316. The number of carbonyl (C=O) groups excluding carboxylic acids is 2. The summed E-state index contributed by atoms with van der Waals surface area (Å²) in [6.07, 6.45) is 0. The lowest BCUT2D eigenvalue weighted by Gasteiger charge is -2.52. The van der Waals surface area contributed by atoms with Crippen molar-refractivity contribution in [2.24, 2.45) is 5.73 Å². The molecule has 186 valence electrons. The van der Waals surface area contributed by atoms with E-state index in [4.69, 9.17) is 5.73 Å². The summed E-state index contributed by atoms with van der Waals surface area (Å²) in [6, 6.07) is 7.89. The number of benzene rings is 1. The van der Waals surface area contributed by atoms with Crippen molar-refractivity contribution in [2.75, 3.05) is 23.0 Å². The number of tetrazole rings is 2. The number of nitrogens with two attached hydrogens (primary N) is 1. The van der Waals surface area contributed by atoms with Gasteiger partial charge in [0, 0.05) is 17.2 Å². The van der Waals surface area contributed by atoms with Crippen LogP contribution in [0.5, 0.6) is 0 Å². The summed E-state index contributed by atoms with van der Waals surface area (Å²) in [4.78, 5) is 40.8. The number of rotatable bonds is 9. The quantitative estimate of drug-likeness (QED) is 0.224. The molecule has 2 aliphatic rings. The first kappa shape index (κ1) is 23.9. The monoisotopic (exact) mass is 529 g/mol. The Balaban J connectivity index is 1.36. The number of fused-ring (bicyclic) bond motifs is 1. The van der Waals surface area contributed by atoms with Gasteiger partial charge in [-0.1, -0.05) is 30.0 Å². The highest BCUT2D eigenvalue weighted by Crippen LogP contribution is 2.44. The average Bonchev–Trinajstić information content (AvgIpc) is 3.57. The topological polar surface area (TPSA) is 202 Å². The van der Waals surface area contributed by atoms with Gasteiger partial charge in [-0.05, 0) is 38.6 Å². The van der Waals surface area contributed by atoms with Crippen LogP contribution in [-0.4, -0.2) is 98.1 Å². The second kappa shape index (κ2) is 10.0. The van der Waals surface area contributed by atoms with Crippen molar-refractivity contribution in [3.8, 4) is 0 Å². The molecule has 1 saturated heterocycles. The Morgan fingerprint density at radius 2 is 2.06 bits per heavy atom. The van der Waals surface area contributed by atoms with Gasteiger partial charge in [0.15, 0.2) is 5.82 Å². The van der Waals surface area contributed by atoms with Gasteiger partial charge in [-0.15, -0.1) is 22.0 Å². The number of aromatic amines is 1. The summed E-state index contributed by atoms with van der Waals surface area (Å²) in [5.41, 5.74) is 6.61. The molecule has 0 radical (unpaired) electrons. The number of amides is 2. The molecule has 0 spiro atoms. The van der Waals surface area contributed by atoms with Gasteiger partial charge < -0.3 is 10.8 Å². The number of anilines is 1. The summed E-state index contributed by atoms with van der Waals surface area (Å²) in [5.74, 6) is -1.05. The number of carboxylic acid groups (broad SMARTS) is 1. The van der Waals surface area contributed by atoms with Gasteiger partial charge in [-0.3, -0.25) is 19.4 Å². The van der Waals surface area contributed by atoms with Crippen LogP contribution in [0.15, 0.2) is 46.8 Å². The molecule has 2 atom stereocenters. The van der Waals surface area contributed by atoms with Crippen LogP contribution in [0.3, 0.4) is 0 Å². The Kier molecular flexibility index (Phi) is 6.66. The van der Waals surface area contributed by atoms with Crippen LogP contribution in [-0.2, 0) is 20.9 Å². The van der Waals surface area contributed by atoms with Crippen LogP contribution < -0.4 is 10.6 Å². The first-order valence-electron chi connectivity index (χ1n) is 10.6. The van der Waals surface area contributed by atoms with Crippen LogP contribution in [0.1, 0.15) is 5.82 Å². The Bertz CT molecular complexity index is 1310. The molecule has 36 heavy (non-hydrogen) atoms. The van der Waals surface area contributed by atoms with Crippen molar-refractivity contribution < 1.29 is 19.5 Å². The first-order valence-corrected chi connectivity index (χ1v) is 12.6. The number of H-pyrrole nitrogens is 1. The molecule has 1 unspecified atom stereocenters. The molecule has 17 heteroatoms. The van der Waals surface area contributed by atoms with E-state index in [1.807, 2.05) is 0 Å². The third kappa shape index (κ3) is 4.31. The standard InChI is InChI=1S/C19H19N11O4S2/c20-6-13(31)29(11-4-2-1-3-5-11)15-16(32)30-14(18(33)34)10(8-35-17(15)30)9-36-19-23-26-27-28(19)7-12-21-24-25-22-12/h1-5,15,17H,6-9,20H2,(H,33,34)(H,21,22,24,25)/t15?,17-/m0/s1. The third-order valence-electron chi connectivity index (χ3n) is 5.54. The number of aliphatic carboxylic acids is 1. The number of hydrogen-bond acceptors (Lipinski definition) is 12. The largest absolute Gasteiger partial charge is 0.477 e. The normalized spacial score (nSPS) is 19.1. The average molecular weight is 530 g/mol. The van der Waals surface area contributed by atoms with E-state index in [1.54, 1.807) is 30.3 Å². The molecule has 2 aromatic heterocycles. The van der Waals surface area contributed by atoms with E-state index < -0.39 is 29.2 Å². The summed E-state index contributed by atoms with van der Waals surface area (Å²) >= 11 is 2.63. The number of nitrogens with one attached hydrogen (secondary N) is 1. The van der Waals surface area contributed by atoms with Crippen LogP contribution in [0.25, 0.3) is 0 Å². The molecule has 4 heterocycles. The van der Waals surface area contributed by atoms with E-state index in [0.29, 0.717) is 28.0 Å². The molecule has 2 amide bonds. The number of carboxylic acids is 1. The fourth-order valence-corrected chi connectivity index (χ4v) is 6.37. The van der Waals surface area contributed by atoms with Crippen LogP contribution in [0.4, 0.5) is 5.69 Å². The Labute approximate surface area is 211 Å². The minimum Gasteiger partial charge on any atom is -0.477 e. The fourth-order valence-electron chi connectivity index (χ4n) is 3.96. The number of thioether (sulfide) groups is 2. The summed E-state index contributed by atoms with van der Waals surface area (Å²) in [6.45, 7) is -0.0702. The maximum atomic E-state index is 13.3. The van der Waals surface area contributed by atoms with Gasteiger partial charge in [0.05, 0.1) is 6.54 Å². The summed E-state index contributed by atoms with van der Waals surface area (Å²) in [7, 11) is 0. The zero-order valence-corrected chi connectivity index (χ0v) is 20.1. The number of nitrogens with zero attached hydrogens (tertiary/aromatic N) is 9. The maximum Gasteiger partial charge on any atom is 0.352 e. The first-order chi connectivity index (χ1) is 17.5. The molecule has 5 rings (SSSR count). The van der Waals surface area contributed by atoms with Gasteiger partial charge in [0.25, 0.3) is 5.91 Å². The number of para-hydroxylation sites is 1. The van der Waals surface area contributed by atoms with Crippen molar-refractivity contribution in [3.63, 3.8) is 0 Å². The molecular weight excluding hydrogens is 510 g/mol. The minimum absolute atomic E-state index is 0.0841.